The molecule has 3 aliphatic heterocycles. The maximum atomic E-state index is 13.8. The molecule has 4 aliphatic rings. The van der Waals surface area contributed by atoms with Crippen LogP contribution in [0.15, 0.2) is 0 Å². The van der Waals surface area contributed by atoms with Crippen LogP contribution in [-0.2, 0) is 14.4 Å². The molecule has 1 spiro atoms. The topological polar surface area (TPSA) is 99.0 Å². The third kappa shape index (κ3) is 4.50. The highest BCUT2D eigenvalue weighted by Gasteiger charge is 2.57. The molecule has 180 valence electrons. The van der Waals surface area contributed by atoms with Gasteiger partial charge in [0.25, 0.3) is 5.91 Å². The molecule has 3 saturated heterocycles. The summed E-state index contributed by atoms with van der Waals surface area (Å²) in [6.07, 6.45) is 6.32. The summed E-state index contributed by atoms with van der Waals surface area (Å²) in [7, 11) is 0. The van der Waals surface area contributed by atoms with Gasteiger partial charge in [-0.15, -0.1) is 11.6 Å². The SMILES string of the molecule is CC(C)N1CC(=O)N(CC2CCC(Cl)CC2)C2(CCN(C3CCC(C(N)=O)CN3)C2)C1=O. The highest BCUT2D eigenvalue weighted by molar-refractivity contribution is 6.20. The monoisotopic (exact) mass is 467 g/mol. The molecular formula is C23H38ClN5O3. The van der Waals surface area contributed by atoms with E-state index in [9.17, 15) is 14.4 Å². The number of alkyl halides is 1. The number of nitrogens with two attached hydrogens (primary N) is 1. The van der Waals surface area contributed by atoms with E-state index in [0.29, 0.717) is 32.0 Å². The van der Waals surface area contributed by atoms with Crippen molar-refractivity contribution in [3.8, 4) is 0 Å². The van der Waals surface area contributed by atoms with Crippen molar-refractivity contribution in [2.24, 2.45) is 17.6 Å². The lowest BCUT2D eigenvalue weighted by molar-refractivity contribution is -0.167. The van der Waals surface area contributed by atoms with Crippen molar-refractivity contribution < 1.29 is 14.4 Å². The molecule has 8 nitrogen and oxygen atoms in total. The smallest absolute Gasteiger partial charge is 0.250 e. The average Bonchev–Trinajstić information content (AvgIpc) is 3.21. The Morgan fingerprint density at radius 2 is 1.91 bits per heavy atom. The molecule has 0 aromatic rings. The Morgan fingerprint density at radius 1 is 1.19 bits per heavy atom. The second-order valence-electron chi connectivity index (χ2n) is 10.5. The van der Waals surface area contributed by atoms with Crippen LogP contribution in [0.1, 0.15) is 58.8 Å². The molecule has 0 radical (unpaired) electrons. The zero-order valence-electron chi connectivity index (χ0n) is 19.4. The van der Waals surface area contributed by atoms with Gasteiger partial charge in [-0.25, -0.2) is 0 Å². The highest BCUT2D eigenvalue weighted by atomic mass is 35.5. The van der Waals surface area contributed by atoms with Crippen LogP contribution in [0.2, 0.25) is 0 Å². The van der Waals surface area contributed by atoms with E-state index >= 15 is 0 Å². The van der Waals surface area contributed by atoms with Crippen molar-refractivity contribution in [2.45, 2.75) is 81.9 Å². The van der Waals surface area contributed by atoms with Gasteiger partial charge in [-0.2, -0.15) is 0 Å². The summed E-state index contributed by atoms with van der Waals surface area (Å²) in [5, 5.41) is 3.69. The molecule has 3 atom stereocenters. The van der Waals surface area contributed by atoms with E-state index in [1.165, 1.54) is 0 Å². The Hall–Kier alpha value is -1.38. The number of piperidine rings is 1. The minimum absolute atomic E-state index is 0.00431. The van der Waals surface area contributed by atoms with Crippen molar-refractivity contribution >= 4 is 29.3 Å². The summed E-state index contributed by atoms with van der Waals surface area (Å²) >= 11 is 6.30. The van der Waals surface area contributed by atoms with Gasteiger partial charge in [-0.05, 0) is 64.7 Å². The fourth-order valence-corrected chi connectivity index (χ4v) is 6.31. The van der Waals surface area contributed by atoms with Crippen LogP contribution in [0.5, 0.6) is 0 Å². The molecule has 1 aliphatic carbocycles. The zero-order chi connectivity index (χ0) is 23.0. The lowest BCUT2D eigenvalue weighted by atomic mass is 9.84. The molecule has 0 aromatic heterocycles. The van der Waals surface area contributed by atoms with Gasteiger partial charge in [-0.3, -0.25) is 19.3 Å². The maximum absolute atomic E-state index is 13.8. The Bertz CT molecular complexity index is 733. The molecule has 4 fully saturated rings. The number of nitrogens with zero attached hydrogens (tertiary/aromatic N) is 3. The van der Waals surface area contributed by atoms with Crippen molar-refractivity contribution in [3.05, 3.63) is 0 Å². The van der Waals surface area contributed by atoms with E-state index in [2.05, 4.69) is 10.2 Å². The van der Waals surface area contributed by atoms with Gasteiger partial charge in [-0.1, -0.05) is 0 Å². The molecule has 9 heteroatoms. The summed E-state index contributed by atoms with van der Waals surface area (Å²) in [6, 6.07) is -0.00431. The summed E-state index contributed by atoms with van der Waals surface area (Å²) < 4.78 is 0. The van der Waals surface area contributed by atoms with Gasteiger partial charge in [0.2, 0.25) is 11.8 Å². The fourth-order valence-electron chi connectivity index (χ4n) is 6.06. The normalized spacial score (nSPS) is 37.0. The third-order valence-electron chi connectivity index (χ3n) is 8.13. The van der Waals surface area contributed by atoms with E-state index in [1.807, 2.05) is 18.7 Å². The Morgan fingerprint density at radius 3 is 2.50 bits per heavy atom. The number of piperazine rings is 1. The Kier molecular flexibility index (Phi) is 7.03. The molecular weight excluding hydrogens is 430 g/mol. The standard InChI is InChI=1S/C23H38ClN5O3/c1-15(2)28-13-20(30)29(12-16-3-6-18(24)7-4-16)23(22(28)32)9-10-27(14-23)19-8-5-17(11-26-19)21(25)31/h15-19,26H,3-14H2,1-2H3,(H2,25,31). The number of carbonyl (C=O) groups excluding carboxylic acids is 3. The molecule has 1 saturated carbocycles. The summed E-state index contributed by atoms with van der Waals surface area (Å²) in [5.74, 6) is 0.172. The molecule has 32 heavy (non-hydrogen) atoms. The van der Waals surface area contributed by atoms with Crippen LogP contribution < -0.4 is 11.1 Å². The fraction of sp³-hybridized carbons (Fsp3) is 0.870. The number of nitrogens with one attached hydrogen (secondary N) is 1. The first-order valence-corrected chi connectivity index (χ1v) is 12.7. The van der Waals surface area contributed by atoms with Crippen LogP contribution >= 0.6 is 11.6 Å². The molecule has 4 rings (SSSR count). The number of carbonyl (C=O) groups is 3. The first-order chi connectivity index (χ1) is 15.2. The van der Waals surface area contributed by atoms with E-state index in [0.717, 1.165) is 45.1 Å². The summed E-state index contributed by atoms with van der Waals surface area (Å²) in [6.45, 7) is 6.66. The van der Waals surface area contributed by atoms with Gasteiger partial charge in [0.05, 0.1) is 12.1 Å². The van der Waals surface area contributed by atoms with Gasteiger partial charge < -0.3 is 20.9 Å². The minimum atomic E-state index is -0.792. The predicted octanol–water partition coefficient (Wildman–Crippen LogP) is 1.12. The quantitative estimate of drug-likeness (QED) is 0.590. The first kappa shape index (κ1) is 23.8. The number of likely N-dealkylation sites (tertiary alicyclic amines) is 1. The maximum Gasteiger partial charge on any atom is 0.250 e. The van der Waals surface area contributed by atoms with E-state index in [-0.39, 0.29) is 47.8 Å². The number of hydrogen-bond donors (Lipinski definition) is 2. The first-order valence-electron chi connectivity index (χ1n) is 12.2. The van der Waals surface area contributed by atoms with Gasteiger partial charge in [0, 0.05) is 37.6 Å². The second kappa shape index (κ2) is 9.47. The van der Waals surface area contributed by atoms with E-state index < -0.39 is 5.54 Å². The van der Waals surface area contributed by atoms with Crippen molar-refractivity contribution in [3.63, 3.8) is 0 Å². The molecule has 3 amide bonds. The summed E-state index contributed by atoms with van der Waals surface area (Å²) in [4.78, 5) is 44.7. The van der Waals surface area contributed by atoms with Crippen molar-refractivity contribution in [2.75, 3.05) is 32.7 Å². The molecule has 3 heterocycles. The molecule has 3 N–H and O–H groups in total. The zero-order valence-corrected chi connectivity index (χ0v) is 20.1. The number of rotatable bonds is 5. The van der Waals surface area contributed by atoms with Gasteiger partial charge in [0.1, 0.15) is 12.1 Å². The molecule has 0 aromatic carbocycles. The van der Waals surface area contributed by atoms with E-state index in [4.69, 9.17) is 17.3 Å². The van der Waals surface area contributed by atoms with Crippen molar-refractivity contribution in [1.82, 2.24) is 20.0 Å². The lowest BCUT2D eigenvalue weighted by Crippen LogP contribution is -2.71. The van der Waals surface area contributed by atoms with Crippen molar-refractivity contribution in [1.29, 1.82) is 0 Å². The Balaban J connectivity index is 1.52. The largest absolute Gasteiger partial charge is 0.369 e. The number of hydrogen-bond acceptors (Lipinski definition) is 5. The van der Waals surface area contributed by atoms with Gasteiger partial charge in [0.15, 0.2) is 0 Å². The van der Waals surface area contributed by atoms with Crippen LogP contribution in [0.25, 0.3) is 0 Å². The molecule has 3 unspecified atom stereocenters. The van der Waals surface area contributed by atoms with Gasteiger partial charge >= 0.3 is 0 Å². The second-order valence-corrected chi connectivity index (χ2v) is 11.1. The number of amides is 3. The lowest BCUT2D eigenvalue weighted by Gasteiger charge is -2.50. The third-order valence-corrected chi connectivity index (χ3v) is 8.57. The number of halogens is 1. The van der Waals surface area contributed by atoms with Crippen LogP contribution in [0.4, 0.5) is 0 Å². The van der Waals surface area contributed by atoms with Crippen LogP contribution in [-0.4, -0.2) is 88.3 Å². The highest BCUT2D eigenvalue weighted by Crippen LogP contribution is 2.38. The summed E-state index contributed by atoms with van der Waals surface area (Å²) in [5.41, 5.74) is 4.68. The van der Waals surface area contributed by atoms with Crippen LogP contribution in [0, 0.1) is 11.8 Å². The minimum Gasteiger partial charge on any atom is -0.369 e. The average molecular weight is 468 g/mol. The van der Waals surface area contributed by atoms with E-state index in [1.54, 1.807) is 4.90 Å². The number of primary amides is 1. The predicted molar refractivity (Wildman–Crippen MR) is 123 cm³/mol. The van der Waals surface area contributed by atoms with Crippen LogP contribution in [0.3, 0.4) is 0 Å². The molecule has 0 bridgehead atoms. The Labute approximate surface area is 196 Å².